The maximum absolute atomic E-state index is 12.3. The van der Waals surface area contributed by atoms with Crippen LogP contribution < -0.4 is 15.2 Å². The molecule has 0 aliphatic carbocycles. The number of carbonyl (C=O) groups is 2. The molecule has 0 aromatic heterocycles. The molecule has 1 amide bonds. The summed E-state index contributed by atoms with van der Waals surface area (Å²) in [5.74, 6) is 0.771. The first kappa shape index (κ1) is 23.8. The molecule has 2 rings (SSSR count). The number of esters is 1. The van der Waals surface area contributed by atoms with Crippen LogP contribution in [0.5, 0.6) is 11.5 Å². The average molecular weight is 424 g/mol. The lowest BCUT2D eigenvalue weighted by molar-refractivity contribution is -0.147. The molecule has 2 unspecified atom stereocenters. The fourth-order valence-corrected chi connectivity index (χ4v) is 2.74. The Kier molecular flexibility index (Phi) is 9.69. The van der Waals surface area contributed by atoms with Gasteiger partial charge in [-0.15, -0.1) is 0 Å². The third kappa shape index (κ3) is 7.38. The van der Waals surface area contributed by atoms with Gasteiger partial charge < -0.3 is 34.3 Å². The smallest absolute Gasteiger partial charge is 0.410 e. The number of hydrogen-bond donors (Lipinski definition) is 1. The summed E-state index contributed by atoms with van der Waals surface area (Å²) in [5.41, 5.74) is 5.71. The third-order valence-electron chi connectivity index (χ3n) is 4.51. The Morgan fingerprint density at radius 3 is 2.50 bits per heavy atom. The van der Waals surface area contributed by atoms with Crippen molar-refractivity contribution in [3.63, 3.8) is 0 Å². The van der Waals surface area contributed by atoms with Crippen LogP contribution in [0.4, 0.5) is 4.79 Å². The van der Waals surface area contributed by atoms with Gasteiger partial charge in [-0.2, -0.15) is 0 Å². The zero-order chi connectivity index (χ0) is 21.9. The number of hydrogen-bond acceptors (Lipinski definition) is 8. The van der Waals surface area contributed by atoms with Crippen molar-refractivity contribution in [2.24, 2.45) is 11.7 Å². The molecular formula is C21H32N2O7. The van der Waals surface area contributed by atoms with Crippen molar-refractivity contribution in [3.05, 3.63) is 24.3 Å². The highest BCUT2D eigenvalue weighted by Crippen LogP contribution is 2.26. The van der Waals surface area contributed by atoms with Gasteiger partial charge in [0.2, 0.25) is 0 Å². The second kappa shape index (κ2) is 12.2. The van der Waals surface area contributed by atoms with Gasteiger partial charge in [0.25, 0.3) is 0 Å². The highest BCUT2D eigenvalue weighted by Gasteiger charge is 2.26. The van der Waals surface area contributed by atoms with E-state index >= 15 is 0 Å². The van der Waals surface area contributed by atoms with Crippen LogP contribution >= 0.6 is 0 Å². The predicted molar refractivity (Wildman–Crippen MR) is 110 cm³/mol. The predicted octanol–water partition coefficient (Wildman–Crippen LogP) is 1.83. The van der Waals surface area contributed by atoms with Crippen molar-refractivity contribution in [2.45, 2.75) is 32.9 Å². The van der Waals surface area contributed by atoms with E-state index in [9.17, 15) is 9.59 Å². The fraction of sp³-hybridized carbons (Fsp3) is 0.619. The summed E-state index contributed by atoms with van der Waals surface area (Å²) >= 11 is 0. The molecule has 1 fully saturated rings. The van der Waals surface area contributed by atoms with Crippen molar-refractivity contribution < 1.29 is 33.3 Å². The van der Waals surface area contributed by atoms with Gasteiger partial charge in [0.15, 0.2) is 11.5 Å². The van der Waals surface area contributed by atoms with Crippen LogP contribution in [0.25, 0.3) is 0 Å². The van der Waals surface area contributed by atoms with Gasteiger partial charge in [-0.1, -0.05) is 26.0 Å². The largest absolute Gasteiger partial charge is 0.490 e. The Balaban J connectivity index is 1.72. The Hall–Kier alpha value is -2.52. The number of amides is 1. The number of benzene rings is 1. The lowest BCUT2D eigenvalue weighted by Gasteiger charge is -2.32. The van der Waals surface area contributed by atoms with Gasteiger partial charge >= 0.3 is 12.1 Å². The van der Waals surface area contributed by atoms with Crippen molar-refractivity contribution in [1.82, 2.24) is 4.90 Å². The Labute approximate surface area is 177 Å². The minimum atomic E-state index is -0.687. The van der Waals surface area contributed by atoms with Gasteiger partial charge in [-0.3, -0.25) is 4.79 Å². The van der Waals surface area contributed by atoms with Crippen LogP contribution in [0.2, 0.25) is 0 Å². The number of nitrogens with zero attached hydrogens (tertiary/aromatic N) is 1. The maximum atomic E-state index is 12.3. The first-order valence-electron chi connectivity index (χ1n) is 10.2. The van der Waals surface area contributed by atoms with Crippen LogP contribution in [-0.2, 0) is 19.0 Å². The second-order valence-corrected chi connectivity index (χ2v) is 7.18. The number of carbonyl (C=O) groups excluding carboxylic acids is 2. The first-order chi connectivity index (χ1) is 14.4. The molecule has 2 N–H and O–H groups in total. The summed E-state index contributed by atoms with van der Waals surface area (Å²) in [4.78, 5) is 25.5. The lowest BCUT2D eigenvalue weighted by Crippen LogP contribution is -2.48. The van der Waals surface area contributed by atoms with Crippen LogP contribution in [0.3, 0.4) is 0 Å². The molecule has 0 spiro atoms. The van der Waals surface area contributed by atoms with Gasteiger partial charge in [0.05, 0.1) is 19.8 Å². The molecule has 9 heteroatoms. The van der Waals surface area contributed by atoms with Gasteiger partial charge in [-0.25, -0.2) is 4.79 Å². The molecule has 1 saturated heterocycles. The number of rotatable bonds is 10. The minimum Gasteiger partial charge on any atom is -0.490 e. The van der Waals surface area contributed by atoms with Crippen LogP contribution in [-0.4, -0.2) is 75.2 Å². The zero-order valence-electron chi connectivity index (χ0n) is 17.9. The van der Waals surface area contributed by atoms with Gasteiger partial charge in [0.1, 0.15) is 32.0 Å². The van der Waals surface area contributed by atoms with Gasteiger partial charge in [0, 0.05) is 6.54 Å². The molecular weight excluding hydrogens is 392 g/mol. The molecule has 1 aromatic carbocycles. The second-order valence-electron chi connectivity index (χ2n) is 7.18. The van der Waals surface area contributed by atoms with E-state index in [1.165, 1.54) is 0 Å². The number of para-hydroxylation sites is 2. The van der Waals surface area contributed by atoms with Crippen molar-refractivity contribution in [2.75, 3.05) is 46.1 Å². The Morgan fingerprint density at radius 1 is 1.17 bits per heavy atom. The molecule has 0 bridgehead atoms. The van der Waals surface area contributed by atoms with E-state index in [2.05, 4.69) is 0 Å². The van der Waals surface area contributed by atoms with Crippen molar-refractivity contribution in [1.29, 1.82) is 0 Å². The number of morpholine rings is 1. The molecule has 2 atom stereocenters. The summed E-state index contributed by atoms with van der Waals surface area (Å²) in [7, 11) is 0. The first-order valence-corrected chi connectivity index (χ1v) is 10.2. The quantitative estimate of drug-likeness (QED) is 0.447. The molecule has 30 heavy (non-hydrogen) atoms. The molecule has 1 aromatic rings. The monoisotopic (exact) mass is 424 g/mol. The van der Waals surface area contributed by atoms with Crippen molar-refractivity contribution in [3.8, 4) is 11.5 Å². The number of nitrogens with two attached hydrogens (primary N) is 1. The van der Waals surface area contributed by atoms with E-state index < -0.39 is 18.1 Å². The molecule has 1 heterocycles. The summed E-state index contributed by atoms with van der Waals surface area (Å²) in [5, 5.41) is 0. The van der Waals surface area contributed by atoms with E-state index in [0.29, 0.717) is 37.8 Å². The molecule has 1 aliphatic heterocycles. The standard InChI is InChI=1S/C21H32N2O7/c1-4-26-17-7-5-6-8-18(17)30-14-16-13-23(9-10-27-16)21(25)29-12-11-28-20(24)19(22)15(2)3/h5-8,15-16,19H,4,9-14,22H2,1-3H3. The molecule has 0 radical (unpaired) electrons. The van der Waals surface area contributed by atoms with Gasteiger partial charge in [-0.05, 0) is 25.0 Å². The molecule has 1 aliphatic rings. The summed E-state index contributed by atoms with van der Waals surface area (Å²) < 4.78 is 27.3. The maximum Gasteiger partial charge on any atom is 0.410 e. The molecule has 0 saturated carbocycles. The van der Waals surface area contributed by atoms with Crippen molar-refractivity contribution >= 4 is 12.1 Å². The van der Waals surface area contributed by atoms with E-state index in [1.54, 1.807) is 4.90 Å². The van der Waals surface area contributed by atoms with E-state index in [1.807, 2.05) is 45.0 Å². The SMILES string of the molecule is CCOc1ccccc1OCC1CN(C(=O)OCCOC(=O)C(N)C(C)C)CCO1. The molecule has 9 nitrogen and oxygen atoms in total. The average Bonchev–Trinajstić information content (AvgIpc) is 2.75. The van der Waals surface area contributed by atoms with E-state index in [4.69, 9.17) is 29.4 Å². The Bertz CT molecular complexity index is 683. The summed E-state index contributed by atoms with van der Waals surface area (Å²) in [6, 6.07) is 6.72. The highest BCUT2D eigenvalue weighted by molar-refractivity contribution is 5.75. The van der Waals surface area contributed by atoms with Crippen LogP contribution in [0.15, 0.2) is 24.3 Å². The summed E-state index contributed by atoms with van der Waals surface area (Å²) in [6.07, 6.45) is -0.773. The van der Waals surface area contributed by atoms with E-state index in [-0.39, 0.29) is 31.8 Å². The van der Waals surface area contributed by atoms with Crippen LogP contribution in [0.1, 0.15) is 20.8 Å². The van der Waals surface area contributed by atoms with E-state index in [0.717, 1.165) is 0 Å². The normalized spacial score (nSPS) is 17.4. The highest BCUT2D eigenvalue weighted by atomic mass is 16.6. The minimum absolute atomic E-state index is 0.0203. The fourth-order valence-electron chi connectivity index (χ4n) is 2.74. The Morgan fingerprint density at radius 2 is 1.83 bits per heavy atom. The zero-order valence-corrected chi connectivity index (χ0v) is 17.9. The third-order valence-corrected chi connectivity index (χ3v) is 4.51. The molecule has 168 valence electrons. The van der Waals surface area contributed by atoms with Crippen LogP contribution in [0, 0.1) is 5.92 Å². The lowest BCUT2D eigenvalue weighted by atomic mass is 10.1. The summed E-state index contributed by atoms with van der Waals surface area (Å²) in [6.45, 7) is 7.47. The number of ether oxygens (including phenoxy) is 5. The topological polar surface area (TPSA) is 110 Å².